The van der Waals surface area contributed by atoms with E-state index in [2.05, 4.69) is 10.6 Å². The van der Waals surface area contributed by atoms with Gasteiger partial charge in [-0.3, -0.25) is 23.9 Å². The van der Waals surface area contributed by atoms with Gasteiger partial charge in [0.2, 0.25) is 5.91 Å². The molecule has 0 spiro atoms. The maximum absolute atomic E-state index is 12.8. The van der Waals surface area contributed by atoms with Crippen molar-refractivity contribution < 1.29 is 35.9 Å². The van der Waals surface area contributed by atoms with Gasteiger partial charge in [-0.05, 0) is 51.1 Å². The minimum Gasteiger partial charge on any atom is -0.360 e. The van der Waals surface area contributed by atoms with Crippen molar-refractivity contribution >= 4 is 46.3 Å². The van der Waals surface area contributed by atoms with Gasteiger partial charge in [-0.2, -0.15) is 31.6 Å². The number of benzene rings is 1. The summed E-state index contributed by atoms with van der Waals surface area (Å²) in [6.45, 7) is 0.218. The molecule has 0 aliphatic carbocycles. The zero-order valence-corrected chi connectivity index (χ0v) is 22.5. The molecule has 9 nitrogen and oxygen atoms in total. The topological polar surface area (TPSA) is 119 Å². The van der Waals surface area contributed by atoms with Gasteiger partial charge in [-0.15, -0.1) is 11.3 Å². The van der Waals surface area contributed by atoms with E-state index in [4.69, 9.17) is 0 Å². The molecule has 2 aromatic rings. The number of piperidine rings is 1. The predicted octanol–water partition coefficient (Wildman–Crippen LogP) is 2.35. The molecule has 2 amide bonds. The number of halogens is 6. The van der Waals surface area contributed by atoms with Crippen molar-refractivity contribution in [2.45, 2.75) is 38.7 Å². The molecule has 0 bridgehead atoms. The van der Waals surface area contributed by atoms with Gasteiger partial charge in [0.25, 0.3) is 11.5 Å². The summed E-state index contributed by atoms with van der Waals surface area (Å²) in [7, 11) is 0. The molecule has 3 rings (SSSR count). The van der Waals surface area contributed by atoms with Gasteiger partial charge in [0, 0.05) is 24.1 Å². The summed E-state index contributed by atoms with van der Waals surface area (Å²) in [4.78, 5) is 39.1. The number of rotatable bonds is 8. The van der Waals surface area contributed by atoms with Crippen LogP contribution in [-0.2, 0) is 16.1 Å². The number of aromatic nitrogens is 1. The molecule has 1 aliphatic heterocycles. The van der Waals surface area contributed by atoms with Crippen LogP contribution in [0.3, 0.4) is 0 Å². The Kier molecular flexibility index (Phi) is 10.2. The first-order chi connectivity index (χ1) is 19.2. The minimum atomic E-state index is -4.68. The lowest BCUT2D eigenvalue weighted by Crippen LogP contribution is -2.42. The van der Waals surface area contributed by atoms with Crippen LogP contribution in [0.1, 0.15) is 19.8 Å². The minimum absolute atomic E-state index is 0.0473. The fraction of sp³-hybridized carbons (Fsp3) is 0.440. The number of nitriles is 1. The van der Waals surface area contributed by atoms with Crippen LogP contribution < -0.4 is 30.7 Å². The van der Waals surface area contributed by atoms with Crippen LogP contribution in [0.4, 0.5) is 37.7 Å². The second kappa shape index (κ2) is 13.2. The number of thiazole rings is 1. The summed E-state index contributed by atoms with van der Waals surface area (Å²) in [6.07, 6.45) is -7.75. The number of carbonyl (C=O) groups excluding carboxylic acids is 2. The number of amides is 2. The van der Waals surface area contributed by atoms with Crippen molar-refractivity contribution in [3.63, 3.8) is 0 Å². The molecular formula is C25H26F6N6O3S. The Morgan fingerprint density at radius 2 is 1.80 bits per heavy atom. The van der Waals surface area contributed by atoms with Crippen molar-refractivity contribution in [1.82, 2.24) is 14.8 Å². The molecular weight excluding hydrogens is 578 g/mol. The monoisotopic (exact) mass is 604 g/mol. The maximum Gasteiger partial charge on any atom is 0.405 e. The quantitative estimate of drug-likeness (QED) is 0.399. The van der Waals surface area contributed by atoms with Crippen LogP contribution in [0.15, 0.2) is 29.1 Å². The van der Waals surface area contributed by atoms with Gasteiger partial charge in [0.15, 0.2) is 5.57 Å². The van der Waals surface area contributed by atoms with Crippen molar-refractivity contribution in [1.29, 1.82) is 5.26 Å². The number of hydrogen-bond acceptors (Lipinski definition) is 7. The van der Waals surface area contributed by atoms with Crippen LogP contribution in [0.5, 0.6) is 0 Å². The molecule has 41 heavy (non-hydrogen) atoms. The van der Waals surface area contributed by atoms with Crippen LogP contribution >= 0.6 is 11.3 Å². The van der Waals surface area contributed by atoms with E-state index < -0.39 is 47.8 Å². The van der Waals surface area contributed by atoms with E-state index >= 15 is 0 Å². The third kappa shape index (κ3) is 8.82. The molecule has 1 aliphatic rings. The molecule has 0 atom stereocenters. The summed E-state index contributed by atoms with van der Waals surface area (Å²) in [5.74, 6) is -3.03. The zero-order valence-electron chi connectivity index (χ0n) is 21.7. The van der Waals surface area contributed by atoms with Gasteiger partial charge in [-0.25, -0.2) is 0 Å². The van der Waals surface area contributed by atoms with Crippen LogP contribution in [0.2, 0.25) is 0 Å². The number of alkyl halides is 6. The highest BCUT2D eigenvalue weighted by molar-refractivity contribution is 7.07. The SMILES string of the molecule is CCn1c(=O)/c(=C\Nc2cccc(NC(=O)CN3CCC(C(F)(F)F)CC3)c2)s/c1=C(/C#N)C(=O)NCC(F)(F)F. The summed E-state index contributed by atoms with van der Waals surface area (Å²) >= 11 is 0.745. The maximum atomic E-state index is 12.8. The van der Waals surface area contributed by atoms with E-state index in [-0.39, 0.29) is 48.2 Å². The number of nitrogens with one attached hydrogen (secondary N) is 3. The fourth-order valence-electron chi connectivity index (χ4n) is 4.11. The van der Waals surface area contributed by atoms with Crippen molar-refractivity contribution in [3.05, 3.63) is 43.8 Å². The van der Waals surface area contributed by atoms with E-state index in [0.717, 1.165) is 15.9 Å². The van der Waals surface area contributed by atoms with Gasteiger partial charge >= 0.3 is 12.4 Å². The summed E-state index contributed by atoms with van der Waals surface area (Å²) in [5.41, 5.74) is -0.378. The molecule has 1 aromatic heterocycles. The van der Waals surface area contributed by atoms with Crippen LogP contribution in [0, 0.1) is 17.2 Å². The van der Waals surface area contributed by atoms with Gasteiger partial charge in [0.1, 0.15) is 21.8 Å². The zero-order chi connectivity index (χ0) is 30.4. The lowest BCUT2D eigenvalue weighted by Gasteiger charge is -2.32. The average molecular weight is 605 g/mol. The molecule has 1 aromatic carbocycles. The predicted molar refractivity (Wildman–Crippen MR) is 140 cm³/mol. The highest BCUT2D eigenvalue weighted by atomic mass is 32.1. The molecule has 0 saturated carbocycles. The van der Waals surface area contributed by atoms with E-state index in [0.29, 0.717) is 11.4 Å². The largest absolute Gasteiger partial charge is 0.405 e. The molecule has 222 valence electrons. The highest BCUT2D eigenvalue weighted by Crippen LogP contribution is 2.34. The Hall–Kier alpha value is -3.84. The molecule has 0 unspecified atom stereocenters. The number of likely N-dealkylation sites (tertiary alicyclic amines) is 1. The first-order valence-electron chi connectivity index (χ1n) is 12.4. The molecule has 0 radical (unpaired) electrons. The Balaban J connectivity index is 1.72. The molecule has 1 fully saturated rings. The summed E-state index contributed by atoms with van der Waals surface area (Å²) in [6, 6.07) is 7.95. The molecule has 2 heterocycles. The van der Waals surface area contributed by atoms with Gasteiger partial charge in [-0.1, -0.05) is 6.07 Å². The molecule has 16 heteroatoms. The third-order valence-corrected chi connectivity index (χ3v) is 7.29. The molecule has 1 saturated heterocycles. The number of hydrogen-bond donors (Lipinski definition) is 3. The third-order valence-electron chi connectivity index (χ3n) is 6.16. The van der Waals surface area contributed by atoms with E-state index in [1.54, 1.807) is 47.5 Å². The number of anilines is 2. The van der Waals surface area contributed by atoms with Crippen LogP contribution in [0.25, 0.3) is 11.8 Å². The fourth-order valence-corrected chi connectivity index (χ4v) is 5.20. The van der Waals surface area contributed by atoms with E-state index in [9.17, 15) is 46.0 Å². The summed E-state index contributed by atoms with van der Waals surface area (Å²) < 4.78 is 77.0. The second-order valence-electron chi connectivity index (χ2n) is 9.12. The highest BCUT2D eigenvalue weighted by Gasteiger charge is 2.41. The smallest absolute Gasteiger partial charge is 0.360 e. The first kappa shape index (κ1) is 31.7. The lowest BCUT2D eigenvalue weighted by molar-refractivity contribution is -0.184. The lowest BCUT2D eigenvalue weighted by atomic mass is 9.96. The summed E-state index contributed by atoms with van der Waals surface area (Å²) in [5, 5.41) is 16.6. The molecule has 3 N–H and O–H groups in total. The standard InChI is InChI=1S/C25H26F6N6O3S/c1-2-37-22(40)19(41-23(37)18(11-32)21(39)34-14-24(26,27)28)12-33-16-4-3-5-17(10-16)35-20(38)13-36-8-6-15(7-9-36)25(29,30)31/h3-5,10,12,15,33H,2,6-9,13-14H2,1H3,(H,34,39)(H,35,38)/b19-12+,23-18-. The van der Waals surface area contributed by atoms with Gasteiger partial charge < -0.3 is 16.0 Å². The number of carbonyl (C=O) groups is 2. The Morgan fingerprint density at radius 3 is 2.39 bits per heavy atom. The average Bonchev–Trinajstić information content (AvgIpc) is 3.20. The first-order valence-corrected chi connectivity index (χ1v) is 13.2. The van der Waals surface area contributed by atoms with Crippen molar-refractivity contribution in [2.75, 3.05) is 36.8 Å². The van der Waals surface area contributed by atoms with Crippen LogP contribution in [-0.4, -0.2) is 59.8 Å². The van der Waals surface area contributed by atoms with Gasteiger partial charge in [0.05, 0.1) is 12.5 Å². The van der Waals surface area contributed by atoms with Crippen molar-refractivity contribution in [3.8, 4) is 6.07 Å². The van der Waals surface area contributed by atoms with E-state index in [1.807, 2.05) is 0 Å². The Morgan fingerprint density at radius 1 is 1.15 bits per heavy atom. The normalized spacial score (nSPS) is 16.2. The Labute approximate surface area is 233 Å². The number of nitrogens with zero attached hydrogens (tertiary/aromatic N) is 3. The second-order valence-corrected chi connectivity index (χ2v) is 10.1. The van der Waals surface area contributed by atoms with Crippen molar-refractivity contribution in [2.24, 2.45) is 5.92 Å². The Bertz CT molecular complexity index is 1480. The van der Waals surface area contributed by atoms with E-state index in [1.165, 1.54) is 6.20 Å².